The van der Waals surface area contributed by atoms with Crippen molar-refractivity contribution in [1.82, 2.24) is 9.47 Å². The Morgan fingerprint density at radius 1 is 0.917 bits per heavy atom. The zero-order valence-corrected chi connectivity index (χ0v) is 13.5. The second-order valence-electron chi connectivity index (χ2n) is 6.22. The van der Waals surface area contributed by atoms with Gasteiger partial charge in [0.2, 0.25) is 0 Å². The third-order valence-corrected chi connectivity index (χ3v) is 4.72. The molecule has 3 aromatic rings. The van der Waals surface area contributed by atoms with E-state index in [-0.39, 0.29) is 6.04 Å². The van der Waals surface area contributed by atoms with Crippen LogP contribution in [0.3, 0.4) is 0 Å². The SMILES string of the molecule is N#Cc1ccc([C@@H]2c3cccn3CCN2Cc2ccccc2)cc1. The monoisotopic (exact) mass is 313 g/mol. The first-order valence-electron chi connectivity index (χ1n) is 8.28. The molecular weight excluding hydrogens is 294 g/mol. The van der Waals surface area contributed by atoms with Crippen LogP contribution in [0.2, 0.25) is 0 Å². The third kappa shape index (κ3) is 2.73. The van der Waals surface area contributed by atoms with Crippen LogP contribution in [0.25, 0.3) is 0 Å². The van der Waals surface area contributed by atoms with E-state index in [4.69, 9.17) is 5.26 Å². The lowest BCUT2D eigenvalue weighted by atomic mass is 9.98. The molecule has 0 unspecified atom stereocenters. The summed E-state index contributed by atoms with van der Waals surface area (Å²) in [6.07, 6.45) is 2.16. The molecule has 0 radical (unpaired) electrons. The number of hydrogen-bond acceptors (Lipinski definition) is 2. The molecule has 1 atom stereocenters. The summed E-state index contributed by atoms with van der Waals surface area (Å²) in [6, 6.07) is 25.4. The third-order valence-electron chi connectivity index (χ3n) is 4.72. The first-order chi connectivity index (χ1) is 11.8. The molecule has 0 bridgehead atoms. The minimum Gasteiger partial charge on any atom is -0.348 e. The maximum absolute atomic E-state index is 9.05. The fourth-order valence-corrected chi connectivity index (χ4v) is 3.54. The van der Waals surface area contributed by atoms with Crippen LogP contribution in [-0.4, -0.2) is 16.0 Å². The van der Waals surface area contributed by atoms with E-state index in [1.54, 1.807) is 0 Å². The average Bonchev–Trinajstić information content (AvgIpc) is 3.11. The van der Waals surface area contributed by atoms with Gasteiger partial charge in [0.25, 0.3) is 0 Å². The molecule has 2 heterocycles. The molecule has 0 N–H and O–H groups in total. The summed E-state index contributed by atoms with van der Waals surface area (Å²) in [5.41, 5.74) is 4.60. The van der Waals surface area contributed by atoms with Gasteiger partial charge < -0.3 is 4.57 Å². The van der Waals surface area contributed by atoms with Crippen LogP contribution in [0.4, 0.5) is 0 Å². The number of fused-ring (bicyclic) bond motifs is 1. The predicted octanol–water partition coefficient (Wildman–Crippen LogP) is 3.96. The lowest BCUT2D eigenvalue weighted by Gasteiger charge is -2.37. The van der Waals surface area contributed by atoms with Crippen molar-refractivity contribution in [2.45, 2.75) is 19.1 Å². The highest BCUT2D eigenvalue weighted by Crippen LogP contribution is 2.33. The molecule has 118 valence electrons. The number of nitrogens with zero attached hydrogens (tertiary/aromatic N) is 3. The van der Waals surface area contributed by atoms with Gasteiger partial charge in [-0.05, 0) is 35.4 Å². The summed E-state index contributed by atoms with van der Waals surface area (Å²) in [7, 11) is 0. The quantitative estimate of drug-likeness (QED) is 0.733. The van der Waals surface area contributed by atoms with Crippen molar-refractivity contribution in [3.05, 3.63) is 95.3 Å². The Bertz CT molecular complexity index is 856. The van der Waals surface area contributed by atoms with Crippen molar-refractivity contribution in [3.8, 4) is 6.07 Å². The van der Waals surface area contributed by atoms with E-state index in [1.807, 2.05) is 12.1 Å². The summed E-state index contributed by atoms with van der Waals surface area (Å²) in [4.78, 5) is 2.52. The molecule has 0 fully saturated rings. The molecule has 0 saturated carbocycles. The van der Waals surface area contributed by atoms with Crippen LogP contribution in [0.15, 0.2) is 72.9 Å². The van der Waals surface area contributed by atoms with Gasteiger partial charge in [-0.3, -0.25) is 4.90 Å². The summed E-state index contributed by atoms with van der Waals surface area (Å²) >= 11 is 0. The maximum Gasteiger partial charge on any atom is 0.0991 e. The molecule has 0 saturated heterocycles. The molecular formula is C21H19N3. The smallest absolute Gasteiger partial charge is 0.0991 e. The first-order valence-corrected chi connectivity index (χ1v) is 8.28. The minimum atomic E-state index is 0.224. The molecule has 0 spiro atoms. The van der Waals surface area contributed by atoms with Gasteiger partial charge in [-0.2, -0.15) is 5.26 Å². The van der Waals surface area contributed by atoms with E-state index in [9.17, 15) is 0 Å². The summed E-state index contributed by atoms with van der Waals surface area (Å²) in [6.45, 7) is 2.96. The van der Waals surface area contributed by atoms with E-state index in [0.717, 1.165) is 19.6 Å². The molecule has 24 heavy (non-hydrogen) atoms. The molecule has 3 heteroatoms. The number of nitriles is 1. The number of benzene rings is 2. The van der Waals surface area contributed by atoms with Crippen molar-refractivity contribution >= 4 is 0 Å². The van der Waals surface area contributed by atoms with Gasteiger partial charge in [-0.1, -0.05) is 42.5 Å². The van der Waals surface area contributed by atoms with Crippen LogP contribution in [0.5, 0.6) is 0 Å². The highest BCUT2D eigenvalue weighted by molar-refractivity contribution is 5.37. The van der Waals surface area contributed by atoms with Crippen LogP contribution in [-0.2, 0) is 13.1 Å². The Balaban J connectivity index is 1.71. The van der Waals surface area contributed by atoms with Crippen molar-refractivity contribution < 1.29 is 0 Å². The molecule has 4 rings (SSSR count). The van der Waals surface area contributed by atoms with Crippen LogP contribution < -0.4 is 0 Å². The number of hydrogen-bond donors (Lipinski definition) is 0. The zero-order chi connectivity index (χ0) is 16.4. The minimum absolute atomic E-state index is 0.224. The highest BCUT2D eigenvalue weighted by atomic mass is 15.2. The van der Waals surface area contributed by atoms with E-state index in [0.29, 0.717) is 5.56 Å². The Hall–Kier alpha value is -2.83. The van der Waals surface area contributed by atoms with Gasteiger partial charge in [0.1, 0.15) is 0 Å². The standard InChI is InChI=1S/C21H19N3/c22-15-17-8-10-19(11-9-17)21-20-7-4-12-23(20)13-14-24(21)16-18-5-2-1-3-6-18/h1-12,21H,13-14,16H2/t21-/m1/s1. The largest absolute Gasteiger partial charge is 0.348 e. The first kappa shape index (κ1) is 14.7. The Labute approximate surface area is 142 Å². The lowest BCUT2D eigenvalue weighted by Crippen LogP contribution is -2.37. The lowest BCUT2D eigenvalue weighted by molar-refractivity contribution is 0.174. The summed E-state index contributed by atoms with van der Waals surface area (Å²) in [5, 5.41) is 9.05. The van der Waals surface area contributed by atoms with Crippen LogP contribution in [0, 0.1) is 11.3 Å². The number of rotatable bonds is 3. The predicted molar refractivity (Wildman–Crippen MR) is 94.3 cm³/mol. The van der Waals surface area contributed by atoms with Gasteiger partial charge in [0, 0.05) is 31.5 Å². The number of aromatic nitrogens is 1. The molecule has 3 nitrogen and oxygen atoms in total. The van der Waals surface area contributed by atoms with Gasteiger partial charge in [0.15, 0.2) is 0 Å². The zero-order valence-electron chi connectivity index (χ0n) is 13.5. The van der Waals surface area contributed by atoms with Crippen LogP contribution >= 0.6 is 0 Å². The summed E-state index contributed by atoms with van der Waals surface area (Å²) < 4.78 is 2.34. The maximum atomic E-state index is 9.05. The van der Waals surface area contributed by atoms with Crippen molar-refractivity contribution in [1.29, 1.82) is 5.26 Å². The molecule has 1 aliphatic rings. The fraction of sp³-hybridized carbons (Fsp3) is 0.190. The molecule has 0 aliphatic carbocycles. The topological polar surface area (TPSA) is 32.0 Å². The molecule has 2 aromatic carbocycles. The Morgan fingerprint density at radius 2 is 1.71 bits per heavy atom. The van der Waals surface area contributed by atoms with Gasteiger partial charge in [-0.25, -0.2) is 0 Å². The van der Waals surface area contributed by atoms with Crippen LogP contribution in [0.1, 0.15) is 28.4 Å². The molecule has 1 aromatic heterocycles. The normalized spacial score (nSPS) is 17.2. The molecule has 1 aliphatic heterocycles. The van der Waals surface area contributed by atoms with Crippen molar-refractivity contribution in [2.24, 2.45) is 0 Å². The Morgan fingerprint density at radius 3 is 2.46 bits per heavy atom. The van der Waals surface area contributed by atoms with Crippen molar-refractivity contribution in [3.63, 3.8) is 0 Å². The van der Waals surface area contributed by atoms with Gasteiger partial charge in [0.05, 0.1) is 17.7 Å². The highest BCUT2D eigenvalue weighted by Gasteiger charge is 2.28. The Kier molecular flexibility index (Phi) is 3.90. The molecule has 0 amide bonds. The van der Waals surface area contributed by atoms with E-state index < -0.39 is 0 Å². The van der Waals surface area contributed by atoms with Gasteiger partial charge in [-0.15, -0.1) is 0 Å². The van der Waals surface area contributed by atoms with Gasteiger partial charge >= 0.3 is 0 Å². The van der Waals surface area contributed by atoms with Crippen molar-refractivity contribution in [2.75, 3.05) is 6.54 Å². The van der Waals surface area contributed by atoms with E-state index in [1.165, 1.54) is 16.8 Å². The fourth-order valence-electron chi connectivity index (χ4n) is 3.54. The second kappa shape index (κ2) is 6.35. The van der Waals surface area contributed by atoms with E-state index in [2.05, 4.69) is 76.3 Å². The second-order valence-corrected chi connectivity index (χ2v) is 6.22. The average molecular weight is 313 g/mol. The summed E-state index contributed by atoms with van der Waals surface area (Å²) in [5.74, 6) is 0. The van der Waals surface area contributed by atoms with E-state index >= 15 is 0 Å².